The van der Waals surface area contributed by atoms with Gasteiger partial charge in [-0.05, 0) is 5.41 Å². The SMILES string of the molecule is C1=CN2C=c3ncncc3=NC2S1. The Bertz CT molecular complexity index is 481. The number of nitrogens with zero attached hydrogens (tertiary/aromatic N) is 4. The molecular weight excluding hydrogens is 184 g/mol. The summed E-state index contributed by atoms with van der Waals surface area (Å²) in [6.45, 7) is 0. The zero-order valence-corrected chi connectivity index (χ0v) is 7.48. The van der Waals surface area contributed by atoms with E-state index in [1.807, 2.05) is 22.7 Å². The van der Waals surface area contributed by atoms with Crippen LogP contribution >= 0.6 is 11.8 Å². The van der Waals surface area contributed by atoms with Crippen LogP contribution in [0.3, 0.4) is 0 Å². The molecule has 2 aliphatic heterocycles. The van der Waals surface area contributed by atoms with Crippen molar-refractivity contribution in [2.75, 3.05) is 0 Å². The van der Waals surface area contributed by atoms with Gasteiger partial charge < -0.3 is 4.90 Å². The maximum atomic E-state index is 4.48. The van der Waals surface area contributed by atoms with Crippen molar-refractivity contribution in [2.24, 2.45) is 4.99 Å². The van der Waals surface area contributed by atoms with E-state index >= 15 is 0 Å². The smallest absolute Gasteiger partial charge is 0.177 e. The molecule has 64 valence electrons. The molecule has 0 fully saturated rings. The number of fused-ring (bicyclic) bond motifs is 2. The highest BCUT2D eigenvalue weighted by atomic mass is 32.2. The second-order valence-corrected chi connectivity index (χ2v) is 3.71. The molecule has 3 heterocycles. The fraction of sp³-hybridized carbons (Fsp3) is 0.125. The van der Waals surface area contributed by atoms with Gasteiger partial charge in [-0.25, -0.2) is 15.0 Å². The summed E-state index contributed by atoms with van der Waals surface area (Å²) in [7, 11) is 0. The van der Waals surface area contributed by atoms with Gasteiger partial charge in [0.2, 0.25) is 0 Å². The summed E-state index contributed by atoms with van der Waals surface area (Å²) in [6.07, 6.45) is 7.28. The second kappa shape index (κ2) is 2.56. The van der Waals surface area contributed by atoms with Crippen molar-refractivity contribution in [3.05, 3.63) is 34.8 Å². The summed E-state index contributed by atoms with van der Waals surface area (Å²) in [5.41, 5.74) is 0.151. The molecule has 1 aromatic heterocycles. The van der Waals surface area contributed by atoms with E-state index in [0.29, 0.717) is 0 Å². The third kappa shape index (κ3) is 1.04. The van der Waals surface area contributed by atoms with Gasteiger partial charge in [-0.3, -0.25) is 0 Å². The van der Waals surface area contributed by atoms with Crippen molar-refractivity contribution in [1.82, 2.24) is 14.9 Å². The Balaban J connectivity index is 2.28. The zero-order valence-electron chi connectivity index (χ0n) is 6.66. The molecule has 1 atom stereocenters. The Morgan fingerprint density at radius 3 is 3.46 bits per heavy atom. The Hall–Kier alpha value is -1.36. The molecule has 0 aliphatic carbocycles. The second-order valence-electron chi connectivity index (χ2n) is 2.75. The Labute approximate surface area is 78.7 Å². The lowest BCUT2D eigenvalue weighted by Gasteiger charge is -2.18. The summed E-state index contributed by atoms with van der Waals surface area (Å²) in [4.78, 5) is 14.6. The predicted molar refractivity (Wildman–Crippen MR) is 49.6 cm³/mol. The number of thioether (sulfide) groups is 1. The number of hydrogen-bond acceptors (Lipinski definition) is 5. The Kier molecular flexibility index (Phi) is 1.40. The molecule has 13 heavy (non-hydrogen) atoms. The average Bonchev–Trinajstić information content (AvgIpc) is 2.61. The van der Waals surface area contributed by atoms with Gasteiger partial charge in [0, 0.05) is 12.4 Å². The summed E-state index contributed by atoms with van der Waals surface area (Å²) in [6, 6.07) is 0. The third-order valence-electron chi connectivity index (χ3n) is 1.93. The molecule has 4 nitrogen and oxygen atoms in total. The molecule has 0 bridgehead atoms. The summed E-state index contributed by atoms with van der Waals surface area (Å²) in [5.74, 6) is 0. The van der Waals surface area contributed by atoms with Gasteiger partial charge in [-0.2, -0.15) is 0 Å². The molecule has 0 aromatic carbocycles. The summed E-state index contributed by atoms with van der Waals surface area (Å²) >= 11 is 1.68. The molecule has 0 saturated heterocycles. The lowest BCUT2D eigenvalue weighted by atomic mass is 10.4. The number of rotatable bonds is 0. The van der Waals surface area contributed by atoms with E-state index in [2.05, 4.69) is 15.0 Å². The normalized spacial score (nSPS) is 23.1. The molecule has 5 heteroatoms. The van der Waals surface area contributed by atoms with E-state index in [-0.39, 0.29) is 5.50 Å². The third-order valence-corrected chi connectivity index (χ3v) is 2.80. The first kappa shape index (κ1) is 7.08. The van der Waals surface area contributed by atoms with Crippen molar-refractivity contribution in [1.29, 1.82) is 0 Å². The highest BCUT2D eigenvalue weighted by Crippen LogP contribution is 2.26. The van der Waals surface area contributed by atoms with Crippen LogP contribution in [-0.4, -0.2) is 20.4 Å². The van der Waals surface area contributed by atoms with Gasteiger partial charge >= 0.3 is 0 Å². The quantitative estimate of drug-likeness (QED) is 0.561. The first-order valence-electron chi connectivity index (χ1n) is 3.89. The van der Waals surface area contributed by atoms with Crippen LogP contribution in [-0.2, 0) is 0 Å². The summed E-state index contributed by atoms with van der Waals surface area (Å²) < 4.78 is 0. The van der Waals surface area contributed by atoms with Crippen LogP contribution in [0.5, 0.6) is 0 Å². The molecule has 1 unspecified atom stereocenters. The fourth-order valence-corrected chi connectivity index (χ4v) is 2.11. The molecule has 1 aromatic rings. The van der Waals surface area contributed by atoms with Crippen molar-refractivity contribution in [3.8, 4) is 0 Å². The maximum absolute atomic E-state index is 4.48. The van der Waals surface area contributed by atoms with E-state index in [1.54, 1.807) is 18.0 Å². The first-order chi connectivity index (χ1) is 6.43. The lowest BCUT2D eigenvalue weighted by molar-refractivity contribution is 0.514. The van der Waals surface area contributed by atoms with E-state index in [4.69, 9.17) is 0 Å². The van der Waals surface area contributed by atoms with Gasteiger partial charge in [-0.1, -0.05) is 11.8 Å². The van der Waals surface area contributed by atoms with Crippen molar-refractivity contribution >= 4 is 18.0 Å². The van der Waals surface area contributed by atoms with Crippen LogP contribution in [0.25, 0.3) is 6.20 Å². The van der Waals surface area contributed by atoms with Crippen LogP contribution in [0.4, 0.5) is 0 Å². The molecule has 0 amide bonds. The fourth-order valence-electron chi connectivity index (χ4n) is 1.31. The van der Waals surface area contributed by atoms with Crippen molar-refractivity contribution in [2.45, 2.75) is 5.50 Å². The molecular formula is C8H6N4S. The average molecular weight is 190 g/mol. The van der Waals surface area contributed by atoms with Crippen LogP contribution in [0.2, 0.25) is 0 Å². The molecule has 0 saturated carbocycles. The summed E-state index contributed by atoms with van der Waals surface area (Å²) in [5, 5.41) is 3.79. The zero-order chi connectivity index (χ0) is 8.67. The van der Waals surface area contributed by atoms with Crippen LogP contribution in [0.15, 0.2) is 29.1 Å². The van der Waals surface area contributed by atoms with E-state index in [1.165, 1.54) is 6.33 Å². The lowest BCUT2D eigenvalue weighted by Crippen LogP contribution is -2.39. The van der Waals surface area contributed by atoms with Crippen LogP contribution in [0.1, 0.15) is 0 Å². The van der Waals surface area contributed by atoms with E-state index < -0.39 is 0 Å². The van der Waals surface area contributed by atoms with E-state index in [0.717, 1.165) is 10.7 Å². The highest BCUT2D eigenvalue weighted by molar-refractivity contribution is 8.02. The van der Waals surface area contributed by atoms with Gasteiger partial charge in [0.1, 0.15) is 17.0 Å². The minimum absolute atomic E-state index is 0.151. The van der Waals surface area contributed by atoms with Crippen molar-refractivity contribution in [3.63, 3.8) is 0 Å². The number of aromatic nitrogens is 2. The van der Waals surface area contributed by atoms with Gasteiger partial charge in [0.05, 0.1) is 6.20 Å². The molecule has 0 radical (unpaired) electrons. The Morgan fingerprint density at radius 1 is 1.46 bits per heavy atom. The number of hydrogen-bond donors (Lipinski definition) is 0. The largest absolute Gasteiger partial charge is 0.321 e. The standard InChI is InChI=1S/C8H6N4S/c1-2-13-8-11-6-3-9-5-10-7(6)4-12(1)8/h1-5,8H. The van der Waals surface area contributed by atoms with Gasteiger partial charge in [0.15, 0.2) is 5.50 Å². The van der Waals surface area contributed by atoms with Crippen molar-refractivity contribution < 1.29 is 0 Å². The minimum atomic E-state index is 0.151. The topological polar surface area (TPSA) is 41.4 Å². The molecule has 3 rings (SSSR count). The molecule has 0 spiro atoms. The van der Waals surface area contributed by atoms with E-state index in [9.17, 15) is 0 Å². The Morgan fingerprint density at radius 2 is 2.46 bits per heavy atom. The van der Waals surface area contributed by atoms with Crippen LogP contribution in [0, 0.1) is 0 Å². The molecule has 2 aliphatic rings. The highest BCUT2D eigenvalue weighted by Gasteiger charge is 2.19. The van der Waals surface area contributed by atoms with Crippen LogP contribution < -0.4 is 10.7 Å². The van der Waals surface area contributed by atoms with Gasteiger partial charge in [-0.15, -0.1) is 0 Å². The predicted octanol–water partition coefficient (Wildman–Crippen LogP) is -0.349. The molecule has 0 N–H and O–H groups in total. The maximum Gasteiger partial charge on any atom is 0.177 e. The minimum Gasteiger partial charge on any atom is -0.321 e. The first-order valence-corrected chi connectivity index (χ1v) is 4.83. The monoisotopic (exact) mass is 190 g/mol. The van der Waals surface area contributed by atoms with Gasteiger partial charge in [0.25, 0.3) is 0 Å².